The van der Waals surface area contributed by atoms with E-state index in [0.29, 0.717) is 0 Å². The van der Waals surface area contributed by atoms with Crippen molar-refractivity contribution < 1.29 is 9.18 Å². The van der Waals surface area contributed by atoms with Gasteiger partial charge >= 0.3 is 0 Å². The number of hydrogen-bond acceptors (Lipinski definition) is 1. The Bertz CT molecular complexity index is 387. The minimum absolute atomic E-state index is 0.0272. The van der Waals surface area contributed by atoms with E-state index in [-0.39, 0.29) is 23.6 Å². The fourth-order valence-electron chi connectivity index (χ4n) is 1.92. The van der Waals surface area contributed by atoms with Gasteiger partial charge in [-0.05, 0) is 29.7 Å². The number of amides is 1. The van der Waals surface area contributed by atoms with Crippen molar-refractivity contribution in [2.24, 2.45) is 5.92 Å². The van der Waals surface area contributed by atoms with Crippen LogP contribution in [0.5, 0.6) is 0 Å². The van der Waals surface area contributed by atoms with Gasteiger partial charge in [-0.2, -0.15) is 0 Å². The van der Waals surface area contributed by atoms with Crippen LogP contribution in [0.2, 0.25) is 0 Å². The zero-order valence-corrected chi connectivity index (χ0v) is 8.17. The van der Waals surface area contributed by atoms with Gasteiger partial charge in [-0.15, -0.1) is 0 Å². The first kappa shape index (κ1) is 9.19. The summed E-state index contributed by atoms with van der Waals surface area (Å²) in [6, 6.07) is 4.42. The van der Waals surface area contributed by atoms with Crippen molar-refractivity contribution in [3.05, 3.63) is 29.6 Å². The van der Waals surface area contributed by atoms with Crippen LogP contribution in [-0.4, -0.2) is 5.91 Å². The first-order valence-corrected chi connectivity index (χ1v) is 4.70. The zero-order valence-electron chi connectivity index (χ0n) is 8.17. The molecule has 0 radical (unpaired) electrons. The van der Waals surface area contributed by atoms with Gasteiger partial charge in [0.25, 0.3) is 0 Å². The number of halogens is 1. The number of nitrogens with one attached hydrogen (secondary N) is 1. The van der Waals surface area contributed by atoms with Crippen LogP contribution in [0, 0.1) is 11.7 Å². The van der Waals surface area contributed by atoms with Crippen molar-refractivity contribution in [2.75, 3.05) is 5.32 Å². The van der Waals surface area contributed by atoms with Crippen LogP contribution in [0.25, 0.3) is 0 Å². The Labute approximate surface area is 82.1 Å². The molecule has 2 rings (SSSR count). The highest BCUT2D eigenvalue weighted by molar-refractivity contribution is 6.02. The topological polar surface area (TPSA) is 29.1 Å². The number of rotatable bonds is 1. The molecule has 1 aliphatic heterocycles. The van der Waals surface area contributed by atoms with E-state index in [1.54, 1.807) is 6.07 Å². The Balaban J connectivity index is 2.50. The molecule has 1 amide bonds. The summed E-state index contributed by atoms with van der Waals surface area (Å²) in [5, 5.41) is 2.75. The lowest BCUT2D eigenvalue weighted by Gasteiger charge is -2.12. The minimum atomic E-state index is -0.286. The first-order chi connectivity index (χ1) is 6.59. The molecule has 1 aliphatic rings. The van der Waals surface area contributed by atoms with Gasteiger partial charge in [0.05, 0.1) is 5.92 Å². The summed E-state index contributed by atoms with van der Waals surface area (Å²) in [6.45, 7) is 3.93. The Morgan fingerprint density at radius 3 is 2.79 bits per heavy atom. The van der Waals surface area contributed by atoms with Gasteiger partial charge in [0.15, 0.2) is 0 Å². The minimum Gasteiger partial charge on any atom is -0.325 e. The lowest BCUT2D eigenvalue weighted by atomic mass is 9.90. The quantitative estimate of drug-likeness (QED) is 0.729. The van der Waals surface area contributed by atoms with Gasteiger partial charge in [-0.25, -0.2) is 4.39 Å². The van der Waals surface area contributed by atoms with E-state index in [0.717, 1.165) is 11.3 Å². The monoisotopic (exact) mass is 193 g/mol. The molecule has 1 aromatic carbocycles. The molecule has 0 aliphatic carbocycles. The predicted octanol–water partition coefficient (Wildman–Crippen LogP) is 2.52. The molecule has 1 aromatic rings. The molecule has 0 saturated heterocycles. The van der Waals surface area contributed by atoms with Crippen LogP contribution < -0.4 is 5.32 Å². The van der Waals surface area contributed by atoms with E-state index in [1.165, 1.54) is 12.1 Å². The lowest BCUT2D eigenvalue weighted by molar-refractivity contribution is -0.117. The van der Waals surface area contributed by atoms with Crippen LogP contribution in [0.3, 0.4) is 0 Å². The Morgan fingerprint density at radius 2 is 2.14 bits per heavy atom. The van der Waals surface area contributed by atoms with Gasteiger partial charge in [0.2, 0.25) is 5.91 Å². The van der Waals surface area contributed by atoms with Crippen LogP contribution in [0.1, 0.15) is 25.3 Å². The molecular weight excluding hydrogens is 181 g/mol. The second kappa shape index (κ2) is 3.08. The molecule has 1 unspecified atom stereocenters. The van der Waals surface area contributed by atoms with E-state index in [2.05, 4.69) is 5.32 Å². The number of hydrogen-bond donors (Lipinski definition) is 1. The second-order valence-electron chi connectivity index (χ2n) is 3.94. The van der Waals surface area contributed by atoms with Crippen LogP contribution >= 0.6 is 0 Å². The van der Waals surface area contributed by atoms with Crippen LogP contribution in [-0.2, 0) is 4.79 Å². The summed E-state index contributed by atoms with van der Waals surface area (Å²) in [5.74, 6) is -0.328. The summed E-state index contributed by atoms with van der Waals surface area (Å²) in [7, 11) is 0. The second-order valence-corrected chi connectivity index (χ2v) is 3.94. The molecule has 0 saturated carbocycles. The molecular formula is C11H12FNO. The molecule has 0 aromatic heterocycles. The largest absolute Gasteiger partial charge is 0.325 e. The molecule has 14 heavy (non-hydrogen) atoms. The third kappa shape index (κ3) is 1.29. The van der Waals surface area contributed by atoms with E-state index in [1.807, 2.05) is 13.8 Å². The zero-order chi connectivity index (χ0) is 10.3. The highest BCUT2D eigenvalue weighted by atomic mass is 19.1. The molecule has 1 N–H and O–H groups in total. The fraction of sp³-hybridized carbons (Fsp3) is 0.364. The van der Waals surface area contributed by atoms with Crippen molar-refractivity contribution in [3.8, 4) is 0 Å². The van der Waals surface area contributed by atoms with E-state index < -0.39 is 0 Å². The number of anilines is 1. The maximum atomic E-state index is 13.0. The number of benzene rings is 1. The van der Waals surface area contributed by atoms with E-state index >= 15 is 0 Å². The summed E-state index contributed by atoms with van der Waals surface area (Å²) in [6.07, 6.45) is 0. The van der Waals surface area contributed by atoms with E-state index in [9.17, 15) is 9.18 Å². The standard InChI is InChI=1S/C11H12FNO/c1-6(2)10-8-5-7(12)3-4-9(8)13-11(10)14/h3-6,10H,1-2H3,(H,13,14). The Morgan fingerprint density at radius 1 is 1.43 bits per heavy atom. The maximum absolute atomic E-state index is 13.0. The highest BCUT2D eigenvalue weighted by Crippen LogP contribution is 2.37. The molecule has 3 heteroatoms. The number of carbonyl (C=O) groups is 1. The average Bonchev–Trinajstić information content (AvgIpc) is 2.40. The van der Waals surface area contributed by atoms with Gasteiger partial charge < -0.3 is 5.32 Å². The van der Waals surface area contributed by atoms with Gasteiger partial charge in [-0.1, -0.05) is 13.8 Å². The van der Waals surface area contributed by atoms with Crippen molar-refractivity contribution in [3.63, 3.8) is 0 Å². The van der Waals surface area contributed by atoms with Crippen molar-refractivity contribution in [1.29, 1.82) is 0 Å². The molecule has 0 spiro atoms. The molecule has 2 nitrogen and oxygen atoms in total. The third-order valence-electron chi connectivity index (χ3n) is 2.56. The van der Waals surface area contributed by atoms with Crippen LogP contribution in [0.4, 0.5) is 10.1 Å². The molecule has 74 valence electrons. The smallest absolute Gasteiger partial charge is 0.232 e. The summed E-state index contributed by atoms with van der Waals surface area (Å²) >= 11 is 0. The number of carbonyl (C=O) groups excluding carboxylic acids is 1. The molecule has 0 bridgehead atoms. The molecule has 1 atom stereocenters. The number of fused-ring (bicyclic) bond motifs is 1. The maximum Gasteiger partial charge on any atom is 0.232 e. The Kier molecular flexibility index (Phi) is 2.02. The average molecular weight is 193 g/mol. The third-order valence-corrected chi connectivity index (χ3v) is 2.56. The van der Waals surface area contributed by atoms with Crippen molar-refractivity contribution >= 4 is 11.6 Å². The van der Waals surface area contributed by atoms with Crippen molar-refractivity contribution in [2.45, 2.75) is 19.8 Å². The van der Waals surface area contributed by atoms with Gasteiger partial charge in [0.1, 0.15) is 5.82 Å². The lowest BCUT2D eigenvalue weighted by Crippen LogP contribution is -2.16. The van der Waals surface area contributed by atoms with Gasteiger partial charge in [0, 0.05) is 5.69 Å². The SMILES string of the molecule is CC(C)C1C(=O)Nc2ccc(F)cc21. The normalized spacial score (nSPS) is 19.7. The first-order valence-electron chi connectivity index (χ1n) is 4.70. The van der Waals surface area contributed by atoms with Gasteiger partial charge in [-0.3, -0.25) is 4.79 Å². The molecule has 1 heterocycles. The summed E-state index contributed by atoms with van der Waals surface area (Å²) in [4.78, 5) is 11.6. The Hall–Kier alpha value is -1.38. The highest BCUT2D eigenvalue weighted by Gasteiger charge is 2.32. The van der Waals surface area contributed by atoms with Crippen molar-refractivity contribution in [1.82, 2.24) is 0 Å². The summed E-state index contributed by atoms with van der Waals surface area (Å²) in [5.41, 5.74) is 1.53. The fourth-order valence-corrected chi connectivity index (χ4v) is 1.92. The predicted molar refractivity (Wildman–Crippen MR) is 52.6 cm³/mol. The van der Waals surface area contributed by atoms with Crippen LogP contribution in [0.15, 0.2) is 18.2 Å². The van der Waals surface area contributed by atoms with E-state index in [4.69, 9.17) is 0 Å². The summed E-state index contributed by atoms with van der Waals surface area (Å²) < 4.78 is 13.0. The molecule has 0 fully saturated rings.